The molecule has 0 bridgehead atoms. The first-order chi connectivity index (χ1) is 23.8. The van der Waals surface area contributed by atoms with E-state index >= 15 is 0 Å². The molecule has 2 fully saturated rings. The highest BCUT2D eigenvalue weighted by molar-refractivity contribution is 5.34. The van der Waals surface area contributed by atoms with Crippen molar-refractivity contribution in [2.24, 2.45) is 0 Å². The summed E-state index contributed by atoms with van der Waals surface area (Å²) in [6, 6.07) is 51.3. The van der Waals surface area contributed by atoms with Crippen LogP contribution in [-0.2, 0) is 0 Å². The van der Waals surface area contributed by atoms with Crippen molar-refractivity contribution in [3.05, 3.63) is 173 Å². The number of hydrogen-bond donors (Lipinski definition) is 2. The molecular weight excluding hydrogens is 587 g/mol. The fraction of sp³-hybridized carbons (Fsp3) is 0.326. The molecule has 1 aromatic heterocycles. The van der Waals surface area contributed by atoms with E-state index in [0.29, 0.717) is 0 Å². The molecule has 0 saturated carbocycles. The number of nitrogens with one attached hydrogen (secondary N) is 2. The van der Waals surface area contributed by atoms with Crippen LogP contribution in [0.3, 0.4) is 0 Å². The van der Waals surface area contributed by atoms with Crippen molar-refractivity contribution in [3.8, 4) is 0 Å². The van der Waals surface area contributed by atoms with Crippen LogP contribution in [-0.4, -0.2) is 27.9 Å². The van der Waals surface area contributed by atoms with Gasteiger partial charge in [-0.2, -0.15) is 0 Å². The Morgan fingerprint density at radius 3 is 1.17 bits per heavy atom. The molecule has 0 aliphatic carbocycles. The van der Waals surface area contributed by atoms with Crippen molar-refractivity contribution < 1.29 is 0 Å². The van der Waals surface area contributed by atoms with Gasteiger partial charge >= 0.3 is 0 Å². The van der Waals surface area contributed by atoms with Crippen LogP contribution in [0.5, 0.6) is 0 Å². The van der Waals surface area contributed by atoms with E-state index in [0.717, 1.165) is 50.2 Å². The summed E-state index contributed by atoms with van der Waals surface area (Å²) in [7, 11) is 0. The van der Waals surface area contributed by atoms with Crippen LogP contribution in [0.4, 0.5) is 0 Å². The predicted octanol–water partition coefficient (Wildman–Crippen LogP) is 9.45. The first-order valence-electron chi connectivity index (χ1n) is 18.0. The molecule has 0 spiro atoms. The maximum Gasteiger partial charge on any atom is 0.105 e. The van der Waals surface area contributed by atoms with Gasteiger partial charge in [-0.1, -0.05) is 154 Å². The summed E-state index contributed by atoms with van der Waals surface area (Å²) in [6.07, 6.45) is 4.55. The summed E-state index contributed by atoms with van der Waals surface area (Å²) in [4.78, 5) is 10.9. The van der Waals surface area contributed by atoms with Gasteiger partial charge in [0.25, 0.3) is 0 Å². The average Bonchev–Trinajstić information content (AvgIpc) is 3.74. The summed E-state index contributed by atoms with van der Waals surface area (Å²) >= 11 is 0. The number of nitrogens with zero attached hydrogens (tertiary/aromatic N) is 3. The van der Waals surface area contributed by atoms with Crippen LogP contribution in [0.2, 0.25) is 0 Å². The van der Waals surface area contributed by atoms with E-state index in [1.54, 1.807) is 0 Å². The van der Waals surface area contributed by atoms with Gasteiger partial charge < -0.3 is 0 Å². The molecule has 5 nitrogen and oxygen atoms in total. The van der Waals surface area contributed by atoms with Crippen LogP contribution in [0.1, 0.15) is 110 Å². The quantitative estimate of drug-likeness (QED) is 0.143. The van der Waals surface area contributed by atoms with Crippen molar-refractivity contribution in [3.63, 3.8) is 0 Å². The molecular formula is C43H49N5. The van der Waals surface area contributed by atoms with Gasteiger partial charge in [-0.25, -0.2) is 0 Å². The summed E-state index contributed by atoms with van der Waals surface area (Å²) in [5, 5.41) is 8.19. The van der Waals surface area contributed by atoms with Crippen molar-refractivity contribution >= 4 is 0 Å². The van der Waals surface area contributed by atoms with E-state index < -0.39 is 0 Å². The van der Waals surface area contributed by atoms with Crippen molar-refractivity contribution in [2.45, 2.75) is 76.0 Å². The van der Waals surface area contributed by atoms with Crippen LogP contribution in [0.15, 0.2) is 140 Å². The Balaban J connectivity index is 1.28. The van der Waals surface area contributed by atoms with Gasteiger partial charge in [-0.05, 0) is 47.2 Å². The smallest absolute Gasteiger partial charge is 0.105 e. The Morgan fingerprint density at radius 2 is 0.812 bits per heavy atom. The predicted molar refractivity (Wildman–Crippen MR) is 196 cm³/mol. The monoisotopic (exact) mass is 635 g/mol. The van der Waals surface area contributed by atoms with Crippen molar-refractivity contribution in [2.75, 3.05) is 13.1 Å². The minimum absolute atomic E-state index is 0.00718. The zero-order valence-corrected chi connectivity index (χ0v) is 28.3. The minimum atomic E-state index is -0.00718. The number of hydrogen-bond acceptors (Lipinski definition) is 5. The molecule has 2 aliphatic heterocycles. The van der Waals surface area contributed by atoms with Crippen LogP contribution in [0.25, 0.3) is 0 Å². The Morgan fingerprint density at radius 1 is 0.458 bits per heavy atom. The third kappa shape index (κ3) is 6.74. The molecule has 5 heteroatoms. The topological polar surface area (TPSA) is 43.4 Å². The molecule has 7 rings (SSSR count). The van der Waals surface area contributed by atoms with Crippen molar-refractivity contribution in [1.82, 2.24) is 25.4 Å². The van der Waals surface area contributed by atoms with Gasteiger partial charge in [0.15, 0.2) is 0 Å². The van der Waals surface area contributed by atoms with Gasteiger partial charge in [0.05, 0.1) is 35.6 Å². The molecule has 3 heterocycles. The van der Waals surface area contributed by atoms with Crippen LogP contribution < -0.4 is 10.6 Å². The summed E-state index contributed by atoms with van der Waals surface area (Å²) in [6.45, 7) is 6.57. The Kier molecular flexibility index (Phi) is 10.4. The number of benzene rings is 4. The maximum atomic E-state index is 5.56. The third-order valence-electron chi connectivity index (χ3n) is 10.2. The third-order valence-corrected chi connectivity index (χ3v) is 10.2. The van der Waals surface area contributed by atoms with Gasteiger partial charge in [0.2, 0.25) is 0 Å². The van der Waals surface area contributed by atoms with Gasteiger partial charge in [0.1, 0.15) is 12.3 Å². The highest BCUT2D eigenvalue weighted by atomic mass is 15.4. The van der Waals surface area contributed by atoms with E-state index in [4.69, 9.17) is 4.98 Å². The van der Waals surface area contributed by atoms with E-state index in [1.807, 2.05) is 0 Å². The Labute approximate surface area is 287 Å². The molecule has 1 unspecified atom stereocenters. The van der Waals surface area contributed by atoms with Crippen molar-refractivity contribution in [1.29, 1.82) is 0 Å². The zero-order chi connectivity index (χ0) is 32.7. The lowest BCUT2D eigenvalue weighted by atomic mass is 9.94. The van der Waals surface area contributed by atoms with E-state index in [-0.39, 0.29) is 36.5 Å². The molecule has 2 saturated heterocycles. The van der Waals surface area contributed by atoms with Crippen LogP contribution >= 0.6 is 0 Å². The van der Waals surface area contributed by atoms with Gasteiger partial charge in [-0.15, -0.1) is 0 Å². The largest absolute Gasteiger partial charge is 0.288 e. The van der Waals surface area contributed by atoms with Gasteiger partial charge in [-0.3, -0.25) is 25.4 Å². The first kappa shape index (κ1) is 32.4. The second-order valence-electron chi connectivity index (χ2n) is 13.3. The summed E-state index contributed by atoms with van der Waals surface area (Å²) < 4.78 is 0. The van der Waals surface area contributed by atoms with E-state index in [1.165, 1.54) is 22.3 Å². The normalized spacial score (nSPS) is 24.6. The molecule has 5 aromatic rings. The highest BCUT2D eigenvalue weighted by Gasteiger charge is 2.45. The molecule has 2 aliphatic rings. The lowest BCUT2D eigenvalue weighted by Gasteiger charge is -2.32. The second kappa shape index (κ2) is 15.4. The number of unbranched alkanes of at least 4 members (excludes halogenated alkanes) is 2. The SMILES string of the molecule is CCCCN1C(c2cccc([C@@H]3N[C@@H](c4ccccc4)[C@H](c4ccccc4)N3CCCC)n2)N[C@@H](c2ccccc2)[C@@H]1c1ccccc1. The Bertz CT molecular complexity index is 1570. The molecule has 6 atom stereocenters. The molecule has 4 aromatic carbocycles. The molecule has 2 N–H and O–H groups in total. The molecule has 0 radical (unpaired) electrons. The number of rotatable bonds is 12. The van der Waals surface area contributed by atoms with E-state index in [9.17, 15) is 0 Å². The second-order valence-corrected chi connectivity index (χ2v) is 13.3. The zero-order valence-electron chi connectivity index (χ0n) is 28.3. The highest BCUT2D eigenvalue weighted by Crippen LogP contribution is 2.47. The number of aromatic nitrogens is 1. The standard InChI is InChI=1S/C43H49N5/c1-3-5-30-47-40(34-24-15-9-16-25-34)38(32-20-11-7-12-21-32)45-42(47)36-28-19-29-37(44-36)43-46-39(33-22-13-8-14-23-33)41(48(43)31-6-4-2)35-26-17-10-18-27-35/h7-29,38-43,45-46H,3-6,30-31H2,1-2H3/t38-,39-,40-,41-,42+,43?/m0/s1. The lowest BCUT2D eigenvalue weighted by molar-refractivity contribution is 0.172. The summed E-state index contributed by atoms with van der Waals surface area (Å²) in [5.41, 5.74) is 7.47. The molecule has 0 amide bonds. The molecule has 246 valence electrons. The first-order valence-corrected chi connectivity index (χ1v) is 18.0. The Hall–Kier alpha value is -4.13. The van der Waals surface area contributed by atoms with Crippen LogP contribution in [0, 0.1) is 0 Å². The lowest BCUT2D eigenvalue weighted by Crippen LogP contribution is -2.33. The maximum absolute atomic E-state index is 5.56. The fourth-order valence-electron chi connectivity index (χ4n) is 7.87. The fourth-order valence-corrected chi connectivity index (χ4v) is 7.87. The minimum Gasteiger partial charge on any atom is -0.288 e. The van der Waals surface area contributed by atoms with Gasteiger partial charge in [0, 0.05) is 13.1 Å². The average molecular weight is 636 g/mol. The molecule has 48 heavy (non-hydrogen) atoms. The van der Waals surface area contributed by atoms with E-state index in [2.05, 4.69) is 174 Å². The summed E-state index contributed by atoms with van der Waals surface area (Å²) in [5.74, 6) is 0. The number of pyridine rings is 1.